The highest BCUT2D eigenvalue weighted by molar-refractivity contribution is 7.21. The minimum Gasteiger partial charge on any atom is -0.396 e. The minimum absolute atomic E-state index is 0.172. The van der Waals surface area contributed by atoms with Crippen molar-refractivity contribution in [1.29, 1.82) is 0 Å². The SMILES string of the molecule is Nc1c(C(=O)NCc2cncs2)sc2cccnc12. The van der Waals surface area contributed by atoms with Crippen LogP contribution in [0.3, 0.4) is 0 Å². The number of nitrogens with two attached hydrogens (primary N) is 1. The van der Waals surface area contributed by atoms with Gasteiger partial charge in [-0.2, -0.15) is 0 Å². The lowest BCUT2D eigenvalue weighted by molar-refractivity contribution is 0.0956. The molecule has 0 aliphatic heterocycles. The van der Waals surface area contributed by atoms with Gasteiger partial charge in [0.1, 0.15) is 10.4 Å². The third-order valence-electron chi connectivity index (χ3n) is 2.60. The third kappa shape index (κ3) is 2.29. The Morgan fingerprint density at radius 1 is 1.47 bits per heavy atom. The molecule has 0 aromatic carbocycles. The summed E-state index contributed by atoms with van der Waals surface area (Å²) in [5.41, 5.74) is 8.84. The number of carbonyl (C=O) groups excluding carboxylic acids is 1. The Kier molecular flexibility index (Phi) is 3.14. The van der Waals surface area contributed by atoms with E-state index in [1.165, 1.54) is 22.7 Å². The molecule has 0 fully saturated rings. The predicted molar refractivity (Wildman–Crippen MR) is 77.3 cm³/mol. The number of carbonyl (C=O) groups is 1. The fourth-order valence-electron chi connectivity index (χ4n) is 1.69. The van der Waals surface area contributed by atoms with Crippen LogP contribution in [0.1, 0.15) is 14.5 Å². The fraction of sp³-hybridized carbons (Fsp3) is 0.0833. The molecule has 0 radical (unpaired) electrons. The van der Waals surface area contributed by atoms with Gasteiger partial charge in [-0.25, -0.2) is 0 Å². The number of pyridine rings is 1. The summed E-state index contributed by atoms with van der Waals surface area (Å²) < 4.78 is 0.919. The van der Waals surface area contributed by atoms with Gasteiger partial charge in [0.15, 0.2) is 0 Å². The molecule has 7 heteroatoms. The zero-order valence-corrected chi connectivity index (χ0v) is 11.4. The lowest BCUT2D eigenvalue weighted by Crippen LogP contribution is -2.22. The summed E-state index contributed by atoms with van der Waals surface area (Å²) in [5.74, 6) is -0.172. The van der Waals surface area contributed by atoms with Crippen LogP contribution in [0.4, 0.5) is 5.69 Å². The molecule has 0 spiro atoms. The molecule has 0 atom stereocenters. The van der Waals surface area contributed by atoms with Crippen LogP contribution in [0.5, 0.6) is 0 Å². The van der Waals surface area contributed by atoms with E-state index in [0.717, 1.165) is 9.58 Å². The molecule has 0 saturated heterocycles. The summed E-state index contributed by atoms with van der Waals surface area (Å²) >= 11 is 2.86. The molecule has 0 bridgehead atoms. The number of amides is 1. The number of hydrogen-bond acceptors (Lipinski definition) is 6. The van der Waals surface area contributed by atoms with Crippen molar-refractivity contribution in [2.45, 2.75) is 6.54 Å². The number of nitrogen functional groups attached to an aromatic ring is 1. The number of rotatable bonds is 3. The quantitative estimate of drug-likeness (QED) is 0.775. The maximum atomic E-state index is 12.1. The summed E-state index contributed by atoms with van der Waals surface area (Å²) in [7, 11) is 0. The monoisotopic (exact) mass is 290 g/mol. The summed E-state index contributed by atoms with van der Waals surface area (Å²) in [6, 6.07) is 3.74. The maximum Gasteiger partial charge on any atom is 0.263 e. The normalized spacial score (nSPS) is 10.7. The first kappa shape index (κ1) is 12.1. The van der Waals surface area contributed by atoms with Crippen molar-refractivity contribution in [3.05, 3.63) is 39.8 Å². The van der Waals surface area contributed by atoms with Crippen LogP contribution in [0, 0.1) is 0 Å². The first-order chi connectivity index (χ1) is 9.25. The Balaban J connectivity index is 1.83. The molecule has 3 aromatic rings. The molecular formula is C12H10N4OS2. The first-order valence-corrected chi connectivity index (χ1v) is 7.24. The largest absolute Gasteiger partial charge is 0.396 e. The van der Waals surface area contributed by atoms with E-state index in [0.29, 0.717) is 22.6 Å². The van der Waals surface area contributed by atoms with Crippen LogP contribution in [-0.4, -0.2) is 15.9 Å². The van der Waals surface area contributed by atoms with Crippen molar-refractivity contribution in [1.82, 2.24) is 15.3 Å². The van der Waals surface area contributed by atoms with Crippen LogP contribution < -0.4 is 11.1 Å². The molecule has 3 aromatic heterocycles. The van der Waals surface area contributed by atoms with E-state index in [2.05, 4.69) is 15.3 Å². The molecule has 0 aliphatic rings. The van der Waals surface area contributed by atoms with Crippen LogP contribution in [0.2, 0.25) is 0 Å². The van der Waals surface area contributed by atoms with Gasteiger partial charge in [-0.1, -0.05) is 0 Å². The van der Waals surface area contributed by atoms with Crippen LogP contribution in [0.25, 0.3) is 10.2 Å². The van der Waals surface area contributed by atoms with Gasteiger partial charge in [-0.3, -0.25) is 14.8 Å². The topological polar surface area (TPSA) is 80.9 Å². The maximum absolute atomic E-state index is 12.1. The predicted octanol–water partition coefficient (Wildman–Crippen LogP) is 2.26. The van der Waals surface area contributed by atoms with Crippen molar-refractivity contribution < 1.29 is 4.79 Å². The van der Waals surface area contributed by atoms with Gasteiger partial charge >= 0.3 is 0 Å². The third-order valence-corrected chi connectivity index (χ3v) is 4.53. The summed E-state index contributed by atoms with van der Waals surface area (Å²) in [5, 5.41) is 2.84. The van der Waals surface area contributed by atoms with Gasteiger partial charge in [0.2, 0.25) is 0 Å². The highest BCUT2D eigenvalue weighted by Gasteiger charge is 2.16. The number of hydrogen-bond donors (Lipinski definition) is 2. The van der Waals surface area contributed by atoms with Gasteiger partial charge in [-0.15, -0.1) is 22.7 Å². The highest BCUT2D eigenvalue weighted by Crippen LogP contribution is 2.31. The van der Waals surface area contributed by atoms with E-state index in [1.54, 1.807) is 17.9 Å². The van der Waals surface area contributed by atoms with Crippen molar-refractivity contribution in [2.75, 3.05) is 5.73 Å². The molecule has 96 valence electrons. The van der Waals surface area contributed by atoms with Crippen LogP contribution in [0.15, 0.2) is 30.0 Å². The molecule has 3 heterocycles. The van der Waals surface area contributed by atoms with E-state index < -0.39 is 0 Å². The smallest absolute Gasteiger partial charge is 0.263 e. The van der Waals surface area contributed by atoms with Gasteiger partial charge in [0.25, 0.3) is 5.91 Å². The highest BCUT2D eigenvalue weighted by atomic mass is 32.1. The number of thiazole rings is 1. The van der Waals surface area contributed by atoms with Gasteiger partial charge in [-0.05, 0) is 12.1 Å². The number of anilines is 1. The summed E-state index contributed by atoms with van der Waals surface area (Å²) in [6.45, 7) is 0.463. The molecule has 3 rings (SSSR count). The Morgan fingerprint density at radius 2 is 2.37 bits per heavy atom. The average Bonchev–Trinajstić information content (AvgIpc) is 3.05. The van der Waals surface area contributed by atoms with Gasteiger partial charge in [0.05, 0.1) is 22.4 Å². The van der Waals surface area contributed by atoms with Crippen molar-refractivity contribution in [3.8, 4) is 0 Å². The van der Waals surface area contributed by atoms with Gasteiger partial charge < -0.3 is 11.1 Å². The first-order valence-electron chi connectivity index (χ1n) is 5.54. The molecular weight excluding hydrogens is 280 g/mol. The number of thiophene rings is 1. The van der Waals surface area contributed by atoms with Crippen molar-refractivity contribution in [3.63, 3.8) is 0 Å². The van der Waals surface area contributed by atoms with E-state index in [-0.39, 0.29) is 5.91 Å². The second kappa shape index (κ2) is 4.94. The lowest BCUT2D eigenvalue weighted by Gasteiger charge is -2.01. The summed E-state index contributed by atoms with van der Waals surface area (Å²) in [4.78, 5) is 21.8. The second-order valence-electron chi connectivity index (χ2n) is 3.85. The van der Waals surface area contributed by atoms with Gasteiger partial charge in [0, 0.05) is 17.3 Å². The minimum atomic E-state index is -0.172. The fourth-order valence-corrected chi connectivity index (χ4v) is 3.23. The van der Waals surface area contributed by atoms with E-state index >= 15 is 0 Å². The van der Waals surface area contributed by atoms with E-state index in [4.69, 9.17) is 5.73 Å². The number of aromatic nitrogens is 2. The van der Waals surface area contributed by atoms with Crippen molar-refractivity contribution in [2.24, 2.45) is 0 Å². The van der Waals surface area contributed by atoms with Crippen molar-refractivity contribution >= 4 is 44.5 Å². The molecule has 0 unspecified atom stereocenters. The molecule has 0 saturated carbocycles. The molecule has 0 aliphatic carbocycles. The molecule has 1 amide bonds. The lowest BCUT2D eigenvalue weighted by atomic mass is 10.3. The van der Waals surface area contributed by atoms with Crippen LogP contribution >= 0.6 is 22.7 Å². The number of nitrogens with one attached hydrogen (secondary N) is 1. The Hall–Kier alpha value is -1.99. The van der Waals surface area contributed by atoms with E-state index in [9.17, 15) is 4.79 Å². The summed E-state index contributed by atoms with van der Waals surface area (Å²) in [6.07, 6.45) is 3.41. The Bertz CT molecular complexity index is 720. The second-order valence-corrected chi connectivity index (χ2v) is 5.87. The Morgan fingerprint density at radius 3 is 3.11 bits per heavy atom. The number of fused-ring (bicyclic) bond motifs is 1. The van der Waals surface area contributed by atoms with E-state index in [1.807, 2.05) is 12.1 Å². The zero-order chi connectivity index (χ0) is 13.2. The Labute approximate surface area is 117 Å². The average molecular weight is 290 g/mol. The molecule has 19 heavy (non-hydrogen) atoms. The number of nitrogens with zero attached hydrogens (tertiary/aromatic N) is 2. The molecule has 5 nitrogen and oxygen atoms in total. The standard InChI is InChI=1S/C12H10N4OS2/c13-9-10-8(2-1-3-15-10)19-11(9)12(17)16-5-7-4-14-6-18-7/h1-4,6H,5,13H2,(H,16,17). The zero-order valence-electron chi connectivity index (χ0n) is 9.79. The van der Waals surface area contributed by atoms with Crippen LogP contribution in [-0.2, 0) is 6.54 Å². The molecule has 3 N–H and O–H groups in total.